The van der Waals surface area contributed by atoms with Crippen molar-refractivity contribution in [2.75, 3.05) is 26.0 Å². The molecule has 7 nitrogen and oxygen atoms in total. The van der Waals surface area contributed by atoms with Crippen LogP contribution >= 0.6 is 23.4 Å². The molecule has 0 unspecified atom stereocenters. The molecule has 0 aliphatic carbocycles. The summed E-state index contributed by atoms with van der Waals surface area (Å²) in [6.45, 7) is 4.39. The van der Waals surface area contributed by atoms with Gasteiger partial charge in [-0.2, -0.15) is 0 Å². The van der Waals surface area contributed by atoms with Crippen LogP contribution in [0.5, 0.6) is 5.75 Å². The number of rotatable bonds is 7. The maximum Gasteiger partial charge on any atom is 0.255 e. The minimum atomic E-state index is -0.486. The summed E-state index contributed by atoms with van der Waals surface area (Å²) in [5.41, 5.74) is 3.39. The van der Waals surface area contributed by atoms with Gasteiger partial charge in [0.2, 0.25) is 5.91 Å². The van der Waals surface area contributed by atoms with Crippen molar-refractivity contribution in [3.8, 4) is 5.75 Å². The lowest BCUT2D eigenvalue weighted by Gasteiger charge is -2.37. The van der Waals surface area contributed by atoms with Crippen LogP contribution in [0, 0.1) is 0 Å². The van der Waals surface area contributed by atoms with E-state index >= 15 is 0 Å². The van der Waals surface area contributed by atoms with Crippen LogP contribution in [-0.4, -0.2) is 47.5 Å². The summed E-state index contributed by atoms with van der Waals surface area (Å²) in [4.78, 5) is 34.8. The van der Waals surface area contributed by atoms with Crippen molar-refractivity contribution in [1.82, 2.24) is 9.80 Å². The molecule has 0 saturated carbocycles. The maximum atomic E-state index is 13.6. The van der Waals surface area contributed by atoms with E-state index in [1.54, 1.807) is 49.4 Å². The van der Waals surface area contributed by atoms with Crippen molar-refractivity contribution in [1.29, 1.82) is 0 Å². The molecule has 0 saturated heterocycles. The highest BCUT2D eigenvalue weighted by atomic mass is 35.5. The summed E-state index contributed by atoms with van der Waals surface area (Å²) in [6, 6.07) is 14.1. The van der Waals surface area contributed by atoms with Gasteiger partial charge in [-0.25, -0.2) is 4.99 Å². The number of nitrogens with one attached hydrogen (secondary N) is 1. The molecule has 0 bridgehead atoms. The van der Waals surface area contributed by atoms with E-state index in [-0.39, 0.29) is 18.2 Å². The molecule has 2 aromatic carbocycles. The minimum absolute atomic E-state index is 0.000883. The second kappa shape index (κ2) is 10.6. The van der Waals surface area contributed by atoms with Gasteiger partial charge in [0, 0.05) is 30.0 Å². The van der Waals surface area contributed by atoms with E-state index in [0.29, 0.717) is 34.3 Å². The lowest BCUT2D eigenvalue weighted by atomic mass is 9.93. The SMILES string of the molecule is CCN(C)C(=O)CC1=CSC2=NC(C)=C(C(=O)Nc3ccc(OC)cc3)[C@H](c3cccc(Cl)c3)N12. The third-order valence-corrected chi connectivity index (χ3v) is 7.11. The topological polar surface area (TPSA) is 74.2 Å². The van der Waals surface area contributed by atoms with Crippen molar-refractivity contribution in [2.45, 2.75) is 26.3 Å². The summed E-state index contributed by atoms with van der Waals surface area (Å²) in [5, 5.41) is 6.23. The van der Waals surface area contributed by atoms with Gasteiger partial charge < -0.3 is 19.9 Å². The van der Waals surface area contributed by atoms with Gasteiger partial charge in [0.25, 0.3) is 5.91 Å². The zero-order valence-electron chi connectivity index (χ0n) is 20.0. The van der Waals surface area contributed by atoms with E-state index in [1.807, 2.05) is 42.4 Å². The molecule has 0 spiro atoms. The first kappa shape index (κ1) is 24.9. The Labute approximate surface area is 214 Å². The standard InChI is InChI=1S/C26H27ClN4O3S/c1-5-30(3)22(32)14-20-15-35-26-28-16(2)23(24(31(20)26)17-7-6-8-18(27)13-17)25(33)29-19-9-11-21(34-4)12-10-19/h6-13,15,24H,5,14H2,1-4H3,(H,29,33)/t24-/m0/s1. The van der Waals surface area contributed by atoms with Crippen molar-refractivity contribution >= 4 is 46.0 Å². The first-order chi connectivity index (χ1) is 16.8. The predicted octanol–water partition coefficient (Wildman–Crippen LogP) is 5.43. The maximum absolute atomic E-state index is 13.6. The van der Waals surface area contributed by atoms with Crippen LogP contribution in [0.3, 0.4) is 0 Å². The molecule has 0 radical (unpaired) electrons. The minimum Gasteiger partial charge on any atom is -0.497 e. The molecule has 2 aliphatic heterocycles. The molecular formula is C26H27ClN4O3S. The Morgan fingerprint density at radius 2 is 1.97 bits per heavy atom. The van der Waals surface area contributed by atoms with Gasteiger partial charge in [0.05, 0.1) is 30.8 Å². The van der Waals surface area contributed by atoms with Gasteiger partial charge in [0.1, 0.15) is 5.75 Å². The number of fused-ring (bicyclic) bond motifs is 1. The third-order valence-electron chi connectivity index (χ3n) is 5.99. The Hall–Kier alpha value is -3.23. The average molecular weight is 511 g/mol. The molecule has 35 heavy (non-hydrogen) atoms. The fraction of sp³-hybridized carbons (Fsp3) is 0.269. The van der Waals surface area contributed by atoms with E-state index in [2.05, 4.69) is 5.32 Å². The number of thioether (sulfide) groups is 1. The number of hydrogen-bond donors (Lipinski definition) is 1. The second-order valence-corrected chi connectivity index (χ2v) is 9.49. The lowest BCUT2D eigenvalue weighted by molar-refractivity contribution is -0.129. The largest absolute Gasteiger partial charge is 0.497 e. The quantitative estimate of drug-likeness (QED) is 0.537. The van der Waals surface area contributed by atoms with Gasteiger partial charge in [-0.05, 0) is 61.2 Å². The molecule has 1 atom stereocenters. The highest BCUT2D eigenvalue weighted by Gasteiger charge is 2.40. The molecule has 2 aliphatic rings. The molecular weight excluding hydrogens is 484 g/mol. The molecule has 9 heteroatoms. The number of anilines is 1. The zero-order valence-corrected chi connectivity index (χ0v) is 21.6. The third kappa shape index (κ3) is 5.23. The first-order valence-electron chi connectivity index (χ1n) is 11.2. The van der Waals surface area contributed by atoms with Crippen molar-refractivity contribution in [3.63, 3.8) is 0 Å². The Bertz CT molecular complexity index is 1240. The van der Waals surface area contributed by atoms with Crippen molar-refractivity contribution < 1.29 is 14.3 Å². The summed E-state index contributed by atoms with van der Waals surface area (Å²) in [7, 11) is 3.37. The van der Waals surface area contributed by atoms with Gasteiger partial charge in [-0.15, -0.1) is 0 Å². The van der Waals surface area contributed by atoms with Crippen molar-refractivity contribution in [2.24, 2.45) is 4.99 Å². The summed E-state index contributed by atoms with van der Waals surface area (Å²) in [6.07, 6.45) is 0.208. The van der Waals surface area contributed by atoms with Crippen LogP contribution in [0.15, 0.2) is 75.9 Å². The van der Waals surface area contributed by atoms with Crippen LogP contribution in [0.2, 0.25) is 5.02 Å². The number of halogens is 1. The highest BCUT2D eigenvalue weighted by molar-refractivity contribution is 8.16. The Kier molecular flexibility index (Phi) is 7.52. The summed E-state index contributed by atoms with van der Waals surface area (Å²) < 4.78 is 5.21. The normalized spacial score (nSPS) is 16.9. The number of carbonyl (C=O) groups excluding carboxylic acids is 2. The van der Waals surface area contributed by atoms with Crippen LogP contribution in [0.4, 0.5) is 5.69 Å². The van der Waals surface area contributed by atoms with E-state index in [9.17, 15) is 9.59 Å². The Morgan fingerprint density at radius 1 is 1.23 bits per heavy atom. The van der Waals surface area contributed by atoms with Crippen molar-refractivity contribution in [3.05, 3.63) is 81.5 Å². The molecule has 0 aromatic heterocycles. The highest BCUT2D eigenvalue weighted by Crippen LogP contribution is 2.45. The summed E-state index contributed by atoms with van der Waals surface area (Å²) >= 11 is 7.81. The van der Waals surface area contributed by atoms with Gasteiger partial charge >= 0.3 is 0 Å². The fourth-order valence-corrected chi connectivity index (χ4v) is 5.15. The van der Waals surface area contributed by atoms with Crippen LogP contribution in [0.1, 0.15) is 31.9 Å². The van der Waals surface area contributed by atoms with E-state index in [1.165, 1.54) is 11.8 Å². The number of hydrogen-bond acceptors (Lipinski definition) is 6. The molecule has 2 aromatic rings. The first-order valence-corrected chi connectivity index (χ1v) is 12.5. The zero-order chi connectivity index (χ0) is 25.1. The number of allylic oxidation sites excluding steroid dienone is 1. The lowest BCUT2D eigenvalue weighted by Crippen LogP contribution is -2.39. The van der Waals surface area contributed by atoms with Crippen LogP contribution < -0.4 is 10.1 Å². The number of ether oxygens (including phenoxy) is 1. The number of benzene rings is 2. The van der Waals surface area contributed by atoms with Gasteiger partial charge in [-0.3, -0.25) is 9.59 Å². The van der Waals surface area contributed by atoms with E-state index in [4.69, 9.17) is 21.3 Å². The summed E-state index contributed by atoms with van der Waals surface area (Å²) in [5.74, 6) is 0.433. The number of amides is 2. The van der Waals surface area contributed by atoms with Crippen LogP contribution in [0.25, 0.3) is 0 Å². The van der Waals surface area contributed by atoms with E-state index < -0.39 is 6.04 Å². The molecule has 1 N–H and O–H groups in total. The molecule has 0 fully saturated rings. The van der Waals surface area contributed by atoms with Crippen LogP contribution in [-0.2, 0) is 9.59 Å². The number of methoxy groups -OCH3 is 1. The Morgan fingerprint density at radius 3 is 2.63 bits per heavy atom. The smallest absolute Gasteiger partial charge is 0.255 e. The monoisotopic (exact) mass is 510 g/mol. The number of amidine groups is 1. The second-order valence-electron chi connectivity index (χ2n) is 8.22. The number of carbonyl (C=O) groups is 2. The molecule has 2 amide bonds. The number of aliphatic imine (C=N–C) groups is 1. The van der Waals surface area contributed by atoms with E-state index in [0.717, 1.165) is 16.4 Å². The van der Waals surface area contributed by atoms with Gasteiger partial charge in [0.15, 0.2) is 5.17 Å². The predicted molar refractivity (Wildman–Crippen MR) is 141 cm³/mol. The Balaban J connectivity index is 1.73. The fourth-order valence-electron chi connectivity index (χ4n) is 3.99. The molecule has 2 heterocycles. The molecule has 4 rings (SSSR count). The number of nitrogens with zero attached hydrogens (tertiary/aromatic N) is 3. The average Bonchev–Trinajstić information content (AvgIpc) is 3.24. The molecule has 182 valence electrons. The van der Waals surface area contributed by atoms with Gasteiger partial charge in [-0.1, -0.05) is 35.5 Å².